The molecule has 0 N–H and O–H groups in total. The van der Waals surface area contributed by atoms with E-state index in [1.54, 1.807) is 18.2 Å². The van der Waals surface area contributed by atoms with Gasteiger partial charge in [0.2, 0.25) is 0 Å². The Morgan fingerprint density at radius 1 is 1.26 bits per heavy atom. The summed E-state index contributed by atoms with van der Waals surface area (Å²) in [6, 6.07) is 5.04. The molecule has 0 atom stereocenters. The summed E-state index contributed by atoms with van der Waals surface area (Å²) in [5, 5.41) is 0. The third-order valence-corrected chi connectivity index (χ3v) is 4.10. The highest BCUT2D eigenvalue weighted by Gasteiger charge is 2.20. The Balaban J connectivity index is 2.90. The molecule has 0 amide bonds. The van der Waals surface area contributed by atoms with E-state index in [1.165, 1.54) is 14.2 Å². The molecule has 0 radical (unpaired) electrons. The lowest BCUT2D eigenvalue weighted by Crippen LogP contribution is -2.21. The van der Waals surface area contributed by atoms with Gasteiger partial charge in [-0.05, 0) is 24.6 Å². The summed E-state index contributed by atoms with van der Waals surface area (Å²) in [4.78, 5) is 12.0. The van der Waals surface area contributed by atoms with Crippen molar-refractivity contribution >= 4 is 15.6 Å². The zero-order valence-electron chi connectivity index (χ0n) is 11.3. The lowest BCUT2D eigenvalue weighted by molar-refractivity contribution is 0.101. The maximum atomic E-state index is 12.0. The largest absolute Gasteiger partial charge is 0.496 e. The lowest BCUT2D eigenvalue weighted by Gasteiger charge is -2.09. The van der Waals surface area contributed by atoms with Crippen LogP contribution in [0.15, 0.2) is 18.2 Å². The number of carbonyl (C=O) groups excluding carboxylic acids is 1. The van der Waals surface area contributed by atoms with Crippen LogP contribution >= 0.6 is 0 Å². The monoisotopic (exact) mass is 286 g/mol. The van der Waals surface area contributed by atoms with Crippen LogP contribution in [0.5, 0.6) is 5.75 Å². The topological polar surface area (TPSA) is 69.7 Å². The molecule has 0 spiro atoms. The van der Waals surface area contributed by atoms with Gasteiger partial charge in [-0.3, -0.25) is 4.79 Å². The van der Waals surface area contributed by atoms with E-state index in [0.29, 0.717) is 5.75 Å². The zero-order chi connectivity index (χ0) is 14.5. The molecule has 0 aliphatic rings. The van der Waals surface area contributed by atoms with Crippen molar-refractivity contribution in [2.24, 2.45) is 0 Å². The molecule has 0 aromatic heterocycles. The van der Waals surface area contributed by atoms with Crippen molar-refractivity contribution in [2.45, 2.75) is 6.92 Å². The van der Waals surface area contributed by atoms with Gasteiger partial charge in [0.25, 0.3) is 0 Å². The SMILES string of the molecule is COCCS(=O)(=O)CC(=O)c1ccc(C)cc1OC. The highest BCUT2D eigenvalue weighted by molar-refractivity contribution is 7.92. The number of benzene rings is 1. The smallest absolute Gasteiger partial charge is 0.181 e. The fourth-order valence-electron chi connectivity index (χ4n) is 1.59. The first-order valence-corrected chi connectivity index (χ1v) is 7.59. The van der Waals surface area contributed by atoms with Gasteiger partial charge in [-0.25, -0.2) is 8.42 Å². The summed E-state index contributed by atoms with van der Waals surface area (Å²) >= 11 is 0. The number of ketones is 1. The molecule has 0 saturated heterocycles. The molecule has 0 bridgehead atoms. The minimum atomic E-state index is -3.46. The summed E-state index contributed by atoms with van der Waals surface area (Å²) in [5.41, 5.74) is 1.23. The number of hydrogen-bond acceptors (Lipinski definition) is 5. The second-order valence-electron chi connectivity index (χ2n) is 4.21. The van der Waals surface area contributed by atoms with E-state index in [2.05, 4.69) is 0 Å². The lowest BCUT2D eigenvalue weighted by atomic mass is 10.1. The van der Waals surface area contributed by atoms with Gasteiger partial charge in [0, 0.05) is 7.11 Å². The Morgan fingerprint density at radius 2 is 1.95 bits per heavy atom. The van der Waals surface area contributed by atoms with Gasteiger partial charge in [-0.15, -0.1) is 0 Å². The fourth-order valence-corrected chi connectivity index (χ4v) is 2.71. The highest BCUT2D eigenvalue weighted by atomic mass is 32.2. The number of hydrogen-bond donors (Lipinski definition) is 0. The molecule has 0 aliphatic carbocycles. The van der Waals surface area contributed by atoms with Crippen LogP contribution in [0.1, 0.15) is 15.9 Å². The van der Waals surface area contributed by atoms with E-state index in [0.717, 1.165) is 5.56 Å². The molecule has 0 heterocycles. The Hall–Kier alpha value is -1.40. The first-order chi connectivity index (χ1) is 8.89. The van der Waals surface area contributed by atoms with Crippen molar-refractivity contribution in [3.8, 4) is 5.75 Å². The first-order valence-electron chi connectivity index (χ1n) is 5.77. The van der Waals surface area contributed by atoms with Crippen LogP contribution < -0.4 is 4.74 Å². The van der Waals surface area contributed by atoms with Crippen LogP contribution in [0.2, 0.25) is 0 Å². The first kappa shape index (κ1) is 15.7. The predicted octanol–water partition coefficient (Wildman–Crippen LogP) is 1.25. The highest BCUT2D eigenvalue weighted by Crippen LogP contribution is 2.21. The van der Waals surface area contributed by atoms with Gasteiger partial charge < -0.3 is 9.47 Å². The Morgan fingerprint density at radius 3 is 2.53 bits per heavy atom. The van der Waals surface area contributed by atoms with E-state index >= 15 is 0 Å². The number of methoxy groups -OCH3 is 2. The second-order valence-corrected chi connectivity index (χ2v) is 6.40. The molecular formula is C13H18O5S. The standard InChI is InChI=1S/C13H18O5S/c1-10-4-5-11(13(8-10)18-3)12(14)9-19(15,16)7-6-17-2/h4-5,8H,6-7,9H2,1-3H3. The molecule has 1 aromatic carbocycles. The van der Waals surface area contributed by atoms with Gasteiger partial charge in [0.05, 0.1) is 25.0 Å². The molecule has 19 heavy (non-hydrogen) atoms. The van der Waals surface area contributed by atoms with Crippen molar-refractivity contribution in [2.75, 3.05) is 32.3 Å². The van der Waals surface area contributed by atoms with Crippen LogP contribution in [0.25, 0.3) is 0 Å². The second kappa shape index (κ2) is 6.68. The number of carbonyl (C=O) groups is 1. The van der Waals surface area contributed by atoms with E-state index in [9.17, 15) is 13.2 Å². The Bertz CT molecular complexity index is 548. The molecule has 0 unspecified atom stereocenters. The Kier molecular flexibility index (Phi) is 5.50. The van der Waals surface area contributed by atoms with Crippen LogP contribution in [-0.2, 0) is 14.6 Å². The number of ether oxygens (including phenoxy) is 2. The predicted molar refractivity (Wildman–Crippen MR) is 72.6 cm³/mol. The quantitative estimate of drug-likeness (QED) is 0.705. The molecule has 0 saturated carbocycles. The van der Waals surface area contributed by atoms with Crippen LogP contribution in [-0.4, -0.2) is 46.5 Å². The van der Waals surface area contributed by atoms with Crippen LogP contribution in [0, 0.1) is 6.92 Å². The average Bonchev–Trinajstić information content (AvgIpc) is 2.35. The normalized spacial score (nSPS) is 11.3. The van der Waals surface area contributed by atoms with Gasteiger partial charge in [0.15, 0.2) is 15.6 Å². The molecule has 0 fully saturated rings. The van der Waals surface area contributed by atoms with E-state index < -0.39 is 21.4 Å². The fraction of sp³-hybridized carbons (Fsp3) is 0.462. The minimum absolute atomic E-state index is 0.0840. The summed E-state index contributed by atoms with van der Waals surface area (Å²) < 4.78 is 33.2. The molecule has 5 nitrogen and oxygen atoms in total. The maximum absolute atomic E-state index is 12.0. The number of aryl methyl sites for hydroxylation is 1. The number of Topliss-reactive ketones (excluding diaryl/α,β-unsaturated/α-hetero) is 1. The van der Waals surface area contributed by atoms with Gasteiger partial charge >= 0.3 is 0 Å². The Labute approximate surface area is 113 Å². The summed E-state index contributed by atoms with van der Waals surface area (Å²) in [7, 11) is -0.590. The minimum Gasteiger partial charge on any atom is -0.496 e. The van der Waals surface area contributed by atoms with Gasteiger partial charge in [-0.2, -0.15) is 0 Å². The summed E-state index contributed by atoms with van der Waals surface area (Å²) in [6.07, 6.45) is 0. The molecule has 1 rings (SSSR count). The number of sulfone groups is 1. The van der Waals surface area contributed by atoms with Crippen molar-refractivity contribution in [1.29, 1.82) is 0 Å². The zero-order valence-corrected chi connectivity index (χ0v) is 12.1. The van der Waals surface area contributed by atoms with Crippen molar-refractivity contribution < 1.29 is 22.7 Å². The molecule has 6 heteroatoms. The van der Waals surface area contributed by atoms with E-state index in [1.807, 2.05) is 6.92 Å². The third-order valence-electron chi connectivity index (χ3n) is 2.61. The maximum Gasteiger partial charge on any atom is 0.181 e. The van der Waals surface area contributed by atoms with E-state index in [4.69, 9.17) is 9.47 Å². The average molecular weight is 286 g/mol. The van der Waals surface area contributed by atoms with Crippen molar-refractivity contribution in [3.05, 3.63) is 29.3 Å². The van der Waals surface area contributed by atoms with Crippen LogP contribution in [0.4, 0.5) is 0 Å². The van der Waals surface area contributed by atoms with Crippen molar-refractivity contribution in [1.82, 2.24) is 0 Å². The molecule has 0 aliphatic heterocycles. The van der Waals surface area contributed by atoms with Crippen molar-refractivity contribution in [3.63, 3.8) is 0 Å². The third kappa shape index (κ3) is 4.65. The van der Waals surface area contributed by atoms with Crippen LogP contribution in [0.3, 0.4) is 0 Å². The molecule has 106 valence electrons. The number of rotatable bonds is 7. The molecular weight excluding hydrogens is 268 g/mol. The summed E-state index contributed by atoms with van der Waals surface area (Å²) in [6.45, 7) is 1.95. The van der Waals surface area contributed by atoms with E-state index in [-0.39, 0.29) is 17.9 Å². The molecule has 1 aromatic rings. The van der Waals surface area contributed by atoms with Gasteiger partial charge in [0.1, 0.15) is 11.5 Å². The van der Waals surface area contributed by atoms with Gasteiger partial charge in [-0.1, -0.05) is 6.07 Å². The summed E-state index contributed by atoms with van der Waals surface area (Å²) in [5.74, 6) is -0.765.